The van der Waals surface area contributed by atoms with E-state index in [9.17, 15) is 9.90 Å². The Balaban J connectivity index is 2.20. The molecule has 0 aliphatic carbocycles. The van der Waals surface area contributed by atoms with E-state index >= 15 is 0 Å². The molecule has 0 amide bonds. The molecular weight excluding hydrogens is 238 g/mol. The number of anilines is 1. The minimum atomic E-state index is -1.11. The lowest BCUT2D eigenvalue weighted by atomic mass is 10.00. The quantitative estimate of drug-likeness (QED) is 0.854. The molecule has 0 unspecified atom stereocenters. The van der Waals surface area contributed by atoms with Crippen LogP contribution in [0.4, 0.5) is 5.69 Å². The molecule has 0 aromatic heterocycles. The van der Waals surface area contributed by atoms with E-state index < -0.39 is 6.10 Å². The third kappa shape index (κ3) is 3.01. The zero-order valence-corrected chi connectivity index (χ0v) is 11.1. The number of benzene rings is 2. The molecule has 3 nitrogen and oxygen atoms in total. The van der Waals surface area contributed by atoms with Gasteiger partial charge in [0.2, 0.25) is 0 Å². The van der Waals surface area contributed by atoms with E-state index in [1.54, 1.807) is 36.4 Å². The standard InChI is InChI=1S/C16H17NO2/c1-17(2)14-10-8-13(9-11-14)16(19)15(18)12-6-4-3-5-7-12/h3-11,15,18H,1-2H3/t15-/m0/s1. The third-order valence-corrected chi connectivity index (χ3v) is 3.03. The molecule has 0 saturated heterocycles. The zero-order chi connectivity index (χ0) is 13.8. The van der Waals surface area contributed by atoms with Crippen molar-refractivity contribution in [3.63, 3.8) is 0 Å². The van der Waals surface area contributed by atoms with Crippen molar-refractivity contribution in [1.82, 2.24) is 0 Å². The first kappa shape index (κ1) is 13.3. The Morgan fingerprint density at radius 1 is 1.00 bits per heavy atom. The first-order valence-electron chi connectivity index (χ1n) is 6.14. The highest BCUT2D eigenvalue weighted by molar-refractivity contribution is 6.00. The van der Waals surface area contributed by atoms with Gasteiger partial charge in [0.25, 0.3) is 0 Å². The van der Waals surface area contributed by atoms with Gasteiger partial charge in [-0.25, -0.2) is 0 Å². The molecule has 0 radical (unpaired) electrons. The van der Waals surface area contributed by atoms with Gasteiger partial charge in [-0.15, -0.1) is 0 Å². The van der Waals surface area contributed by atoms with Crippen LogP contribution in [0.15, 0.2) is 54.6 Å². The van der Waals surface area contributed by atoms with Crippen LogP contribution in [-0.2, 0) is 0 Å². The van der Waals surface area contributed by atoms with Crippen LogP contribution in [-0.4, -0.2) is 25.0 Å². The summed E-state index contributed by atoms with van der Waals surface area (Å²) in [5, 5.41) is 10.1. The number of hydrogen-bond donors (Lipinski definition) is 1. The van der Waals surface area contributed by atoms with Crippen LogP contribution in [0, 0.1) is 0 Å². The fraction of sp³-hybridized carbons (Fsp3) is 0.188. The van der Waals surface area contributed by atoms with E-state index in [0.717, 1.165) is 5.69 Å². The summed E-state index contributed by atoms with van der Waals surface area (Å²) < 4.78 is 0. The van der Waals surface area contributed by atoms with Crippen LogP contribution in [0.5, 0.6) is 0 Å². The maximum absolute atomic E-state index is 12.2. The molecule has 1 atom stereocenters. The Morgan fingerprint density at radius 3 is 2.11 bits per heavy atom. The van der Waals surface area contributed by atoms with Crippen molar-refractivity contribution in [2.24, 2.45) is 0 Å². The van der Waals surface area contributed by atoms with E-state index in [1.807, 2.05) is 37.2 Å². The van der Waals surface area contributed by atoms with Gasteiger partial charge in [0.05, 0.1) is 0 Å². The van der Waals surface area contributed by atoms with Crippen LogP contribution >= 0.6 is 0 Å². The average Bonchev–Trinajstić information content (AvgIpc) is 2.46. The fourth-order valence-corrected chi connectivity index (χ4v) is 1.87. The summed E-state index contributed by atoms with van der Waals surface area (Å²) in [7, 11) is 3.88. The smallest absolute Gasteiger partial charge is 0.195 e. The van der Waals surface area contributed by atoms with Crippen molar-refractivity contribution in [3.05, 3.63) is 65.7 Å². The normalized spacial score (nSPS) is 11.9. The van der Waals surface area contributed by atoms with Crippen LogP contribution in [0.3, 0.4) is 0 Å². The molecule has 0 saturated carbocycles. The zero-order valence-electron chi connectivity index (χ0n) is 11.1. The summed E-state index contributed by atoms with van der Waals surface area (Å²) >= 11 is 0. The molecule has 0 bridgehead atoms. The lowest BCUT2D eigenvalue weighted by Crippen LogP contribution is -2.13. The number of hydrogen-bond acceptors (Lipinski definition) is 3. The number of Topliss-reactive ketones (excluding diaryl/α,β-unsaturated/α-hetero) is 1. The van der Waals surface area contributed by atoms with Crippen LogP contribution in [0.1, 0.15) is 22.0 Å². The van der Waals surface area contributed by atoms with Crippen molar-refractivity contribution >= 4 is 11.5 Å². The van der Waals surface area contributed by atoms with Gasteiger partial charge in [-0.1, -0.05) is 30.3 Å². The van der Waals surface area contributed by atoms with Gasteiger partial charge in [-0.2, -0.15) is 0 Å². The summed E-state index contributed by atoms with van der Waals surface area (Å²) in [5.74, 6) is -0.281. The van der Waals surface area contributed by atoms with E-state index in [-0.39, 0.29) is 5.78 Å². The summed E-state index contributed by atoms with van der Waals surface area (Å²) in [6.45, 7) is 0. The van der Waals surface area contributed by atoms with Gasteiger partial charge in [0.15, 0.2) is 5.78 Å². The number of aliphatic hydroxyl groups excluding tert-OH is 1. The Morgan fingerprint density at radius 2 is 1.58 bits per heavy atom. The van der Waals surface area contributed by atoms with E-state index in [0.29, 0.717) is 11.1 Å². The van der Waals surface area contributed by atoms with E-state index in [4.69, 9.17) is 0 Å². The second-order valence-electron chi connectivity index (χ2n) is 4.62. The summed E-state index contributed by atoms with van der Waals surface area (Å²) in [5.41, 5.74) is 2.15. The Labute approximate surface area is 113 Å². The predicted molar refractivity (Wildman–Crippen MR) is 76.5 cm³/mol. The number of carbonyl (C=O) groups is 1. The number of ketones is 1. The Kier molecular flexibility index (Phi) is 3.97. The molecule has 2 aromatic carbocycles. The largest absolute Gasteiger partial charge is 0.380 e. The highest BCUT2D eigenvalue weighted by atomic mass is 16.3. The van der Waals surface area contributed by atoms with E-state index in [2.05, 4.69) is 0 Å². The van der Waals surface area contributed by atoms with Gasteiger partial charge < -0.3 is 10.0 Å². The highest BCUT2D eigenvalue weighted by Gasteiger charge is 2.18. The molecule has 1 N–H and O–H groups in total. The molecule has 0 aliphatic rings. The SMILES string of the molecule is CN(C)c1ccc(C(=O)[C@@H](O)c2ccccc2)cc1. The maximum Gasteiger partial charge on any atom is 0.195 e. The third-order valence-electron chi connectivity index (χ3n) is 3.03. The molecule has 98 valence electrons. The molecule has 2 rings (SSSR count). The number of aliphatic hydroxyl groups is 1. The highest BCUT2D eigenvalue weighted by Crippen LogP contribution is 2.20. The monoisotopic (exact) mass is 255 g/mol. The van der Waals surface area contributed by atoms with Crippen LogP contribution in [0.2, 0.25) is 0 Å². The number of rotatable bonds is 4. The average molecular weight is 255 g/mol. The Bertz CT molecular complexity index is 547. The van der Waals surface area contributed by atoms with Crippen LogP contribution < -0.4 is 4.90 Å². The van der Waals surface area contributed by atoms with Gasteiger partial charge in [-0.05, 0) is 29.8 Å². The van der Waals surface area contributed by atoms with E-state index in [1.165, 1.54) is 0 Å². The topological polar surface area (TPSA) is 40.5 Å². The summed E-state index contributed by atoms with van der Waals surface area (Å²) in [6, 6.07) is 16.2. The first-order valence-corrected chi connectivity index (χ1v) is 6.14. The molecule has 0 heterocycles. The Hall–Kier alpha value is -2.13. The van der Waals surface area contributed by atoms with Crippen molar-refractivity contribution < 1.29 is 9.90 Å². The minimum Gasteiger partial charge on any atom is -0.380 e. The lowest BCUT2D eigenvalue weighted by Gasteiger charge is -2.14. The summed E-state index contributed by atoms with van der Waals surface area (Å²) in [6.07, 6.45) is -1.11. The minimum absolute atomic E-state index is 0.281. The van der Waals surface area contributed by atoms with Crippen molar-refractivity contribution in [2.45, 2.75) is 6.10 Å². The van der Waals surface area contributed by atoms with Crippen molar-refractivity contribution in [1.29, 1.82) is 0 Å². The molecule has 19 heavy (non-hydrogen) atoms. The van der Waals surface area contributed by atoms with Gasteiger partial charge >= 0.3 is 0 Å². The summed E-state index contributed by atoms with van der Waals surface area (Å²) in [4.78, 5) is 14.1. The molecule has 0 fully saturated rings. The van der Waals surface area contributed by atoms with Gasteiger partial charge in [-0.3, -0.25) is 4.79 Å². The molecule has 3 heteroatoms. The molecular formula is C16H17NO2. The predicted octanol–water partition coefficient (Wildman–Crippen LogP) is 2.67. The molecule has 2 aromatic rings. The lowest BCUT2D eigenvalue weighted by molar-refractivity contribution is 0.0747. The second kappa shape index (κ2) is 5.67. The number of carbonyl (C=O) groups excluding carboxylic acids is 1. The molecule has 0 aliphatic heterocycles. The number of nitrogens with zero attached hydrogens (tertiary/aromatic N) is 1. The van der Waals surface area contributed by atoms with Gasteiger partial charge in [0, 0.05) is 25.3 Å². The maximum atomic E-state index is 12.2. The fourth-order valence-electron chi connectivity index (χ4n) is 1.87. The van der Waals surface area contributed by atoms with Gasteiger partial charge in [0.1, 0.15) is 6.10 Å². The van der Waals surface area contributed by atoms with Crippen molar-refractivity contribution in [2.75, 3.05) is 19.0 Å². The second-order valence-corrected chi connectivity index (χ2v) is 4.62. The first-order chi connectivity index (χ1) is 9.09. The van der Waals surface area contributed by atoms with Crippen LogP contribution in [0.25, 0.3) is 0 Å². The van der Waals surface area contributed by atoms with Crippen molar-refractivity contribution in [3.8, 4) is 0 Å². The molecule has 0 spiro atoms.